The fourth-order valence-electron chi connectivity index (χ4n) is 1.75. The summed E-state index contributed by atoms with van der Waals surface area (Å²) in [6.45, 7) is 6.44. The van der Waals surface area contributed by atoms with Gasteiger partial charge in [0.25, 0.3) is 5.91 Å². The first-order chi connectivity index (χ1) is 10.7. The van der Waals surface area contributed by atoms with Crippen LogP contribution in [0.25, 0.3) is 0 Å². The Morgan fingerprint density at radius 1 is 1.32 bits per heavy atom. The van der Waals surface area contributed by atoms with Gasteiger partial charge < -0.3 is 15.4 Å². The second kappa shape index (κ2) is 7.78. The number of anilines is 2. The van der Waals surface area contributed by atoms with Crippen molar-refractivity contribution >= 4 is 17.5 Å². The lowest BCUT2D eigenvalue weighted by Crippen LogP contribution is -2.23. The molecule has 1 aromatic carbocycles. The Morgan fingerprint density at radius 2 is 2.05 bits per heavy atom. The third kappa shape index (κ3) is 4.05. The Labute approximate surface area is 129 Å². The van der Waals surface area contributed by atoms with Gasteiger partial charge in [0, 0.05) is 18.9 Å². The zero-order valence-corrected chi connectivity index (χ0v) is 12.4. The zero-order chi connectivity index (χ0) is 15.8. The number of nitrogens with zero attached hydrogens (tertiary/aromatic N) is 2. The largest absolute Gasteiger partial charge is 0.492 e. The van der Waals surface area contributed by atoms with Gasteiger partial charge in [-0.05, 0) is 19.1 Å². The molecule has 2 aromatic rings. The zero-order valence-electron chi connectivity index (χ0n) is 12.4. The van der Waals surface area contributed by atoms with Crippen molar-refractivity contribution < 1.29 is 9.53 Å². The lowest BCUT2D eigenvalue weighted by molar-refractivity contribution is 0.0957. The maximum absolute atomic E-state index is 11.7. The molecule has 0 atom stereocenters. The Kier molecular flexibility index (Phi) is 5.48. The van der Waals surface area contributed by atoms with Gasteiger partial charge in [-0.3, -0.25) is 4.79 Å². The molecule has 0 aliphatic heterocycles. The Morgan fingerprint density at radius 3 is 2.73 bits per heavy atom. The maximum atomic E-state index is 11.7. The number of hydrogen-bond acceptors (Lipinski definition) is 5. The summed E-state index contributed by atoms with van der Waals surface area (Å²) in [5, 5.41) is 5.74. The van der Waals surface area contributed by atoms with E-state index in [1.54, 1.807) is 6.08 Å². The first kappa shape index (κ1) is 15.5. The molecule has 0 bridgehead atoms. The van der Waals surface area contributed by atoms with Gasteiger partial charge in [-0.1, -0.05) is 18.2 Å². The van der Waals surface area contributed by atoms with Crippen LogP contribution in [-0.2, 0) is 0 Å². The molecule has 1 amide bonds. The molecule has 2 N–H and O–H groups in total. The van der Waals surface area contributed by atoms with E-state index >= 15 is 0 Å². The molecule has 6 nitrogen and oxygen atoms in total. The first-order valence-corrected chi connectivity index (χ1v) is 6.94. The normalized spacial score (nSPS) is 9.86. The SMILES string of the molecule is C=CCNC(=O)c1cnc(Nc2ccccc2OCC)nc1. The van der Waals surface area contributed by atoms with Crippen molar-refractivity contribution in [1.82, 2.24) is 15.3 Å². The Balaban J connectivity index is 2.08. The summed E-state index contributed by atoms with van der Waals surface area (Å²) in [5.74, 6) is 0.884. The van der Waals surface area contributed by atoms with Crippen molar-refractivity contribution in [1.29, 1.82) is 0 Å². The van der Waals surface area contributed by atoms with E-state index in [2.05, 4.69) is 27.2 Å². The van der Waals surface area contributed by atoms with Gasteiger partial charge in [0.05, 0.1) is 17.9 Å². The predicted octanol–water partition coefficient (Wildman–Crippen LogP) is 2.53. The molecule has 1 aromatic heterocycles. The van der Waals surface area contributed by atoms with Gasteiger partial charge in [-0.25, -0.2) is 9.97 Å². The van der Waals surface area contributed by atoms with Crippen molar-refractivity contribution in [2.45, 2.75) is 6.92 Å². The molecular formula is C16H18N4O2. The smallest absolute Gasteiger partial charge is 0.254 e. The van der Waals surface area contributed by atoms with E-state index in [0.29, 0.717) is 24.7 Å². The molecule has 0 unspecified atom stereocenters. The highest BCUT2D eigenvalue weighted by molar-refractivity contribution is 5.93. The molecular weight excluding hydrogens is 280 g/mol. The van der Waals surface area contributed by atoms with Crippen LogP contribution in [0.5, 0.6) is 5.75 Å². The van der Waals surface area contributed by atoms with Crippen molar-refractivity contribution in [3.63, 3.8) is 0 Å². The highest BCUT2D eigenvalue weighted by Crippen LogP contribution is 2.25. The molecule has 6 heteroatoms. The van der Waals surface area contributed by atoms with Gasteiger partial charge in [-0.2, -0.15) is 0 Å². The predicted molar refractivity (Wildman–Crippen MR) is 85.5 cm³/mol. The summed E-state index contributed by atoms with van der Waals surface area (Å²) in [4.78, 5) is 20.0. The number of hydrogen-bond donors (Lipinski definition) is 2. The molecule has 22 heavy (non-hydrogen) atoms. The van der Waals surface area contributed by atoms with E-state index in [0.717, 1.165) is 11.4 Å². The van der Waals surface area contributed by atoms with E-state index in [1.165, 1.54) is 12.4 Å². The molecule has 0 saturated heterocycles. The van der Waals surface area contributed by atoms with E-state index in [-0.39, 0.29) is 5.91 Å². The molecule has 0 aliphatic rings. The van der Waals surface area contributed by atoms with Gasteiger partial charge in [-0.15, -0.1) is 6.58 Å². The van der Waals surface area contributed by atoms with Gasteiger partial charge in [0.1, 0.15) is 5.75 Å². The van der Waals surface area contributed by atoms with E-state index in [1.807, 2.05) is 31.2 Å². The molecule has 0 saturated carbocycles. The summed E-state index contributed by atoms with van der Waals surface area (Å²) in [6, 6.07) is 7.52. The first-order valence-electron chi connectivity index (χ1n) is 6.94. The lowest BCUT2D eigenvalue weighted by atomic mass is 10.3. The summed E-state index contributed by atoms with van der Waals surface area (Å²) in [5.41, 5.74) is 1.17. The van der Waals surface area contributed by atoms with Crippen molar-refractivity contribution in [3.05, 3.63) is 54.9 Å². The number of rotatable bonds is 7. The standard InChI is InChI=1S/C16H18N4O2/c1-3-9-17-15(21)12-10-18-16(19-11-12)20-13-7-5-6-8-14(13)22-4-2/h3,5-8,10-11H,1,4,9H2,2H3,(H,17,21)(H,18,19,20). The van der Waals surface area contributed by atoms with E-state index < -0.39 is 0 Å². The van der Waals surface area contributed by atoms with Crippen LogP contribution < -0.4 is 15.4 Å². The minimum absolute atomic E-state index is 0.235. The summed E-state index contributed by atoms with van der Waals surface area (Å²) >= 11 is 0. The number of aromatic nitrogens is 2. The average Bonchev–Trinajstić information content (AvgIpc) is 2.55. The van der Waals surface area contributed by atoms with Crippen LogP contribution in [0.15, 0.2) is 49.3 Å². The molecule has 114 valence electrons. The van der Waals surface area contributed by atoms with E-state index in [4.69, 9.17) is 4.74 Å². The fourth-order valence-corrected chi connectivity index (χ4v) is 1.75. The van der Waals surface area contributed by atoms with Crippen LogP contribution in [0, 0.1) is 0 Å². The van der Waals surface area contributed by atoms with Crippen molar-refractivity contribution in [2.75, 3.05) is 18.5 Å². The monoisotopic (exact) mass is 298 g/mol. The van der Waals surface area contributed by atoms with Crippen LogP contribution in [0.4, 0.5) is 11.6 Å². The van der Waals surface area contributed by atoms with E-state index in [9.17, 15) is 4.79 Å². The summed E-state index contributed by atoms with van der Waals surface area (Å²) < 4.78 is 5.52. The minimum Gasteiger partial charge on any atom is -0.492 e. The summed E-state index contributed by atoms with van der Waals surface area (Å²) in [7, 11) is 0. The molecule has 0 aliphatic carbocycles. The second-order valence-corrected chi connectivity index (χ2v) is 4.35. The van der Waals surface area contributed by atoms with Gasteiger partial charge in [0.15, 0.2) is 0 Å². The molecule has 0 spiro atoms. The lowest BCUT2D eigenvalue weighted by Gasteiger charge is -2.11. The van der Waals surface area contributed by atoms with Crippen molar-refractivity contribution in [2.24, 2.45) is 0 Å². The van der Waals surface area contributed by atoms with Crippen LogP contribution in [-0.4, -0.2) is 29.0 Å². The number of amides is 1. The number of nitrogens with one attached hydrogen (secondary N) is 2. The van der Waals surface area contributed by atoms with Crippen LogP contribution in [0.3, 0.4) is 0 Å². The molecule has 0 fully saturated rings. The molecule has 0 radical (unpaired) electrons. The topological polar surface area (TPSA) is 76.1 Å². The van der Waals surface area contributed by atoms with Gasteiger partial charge in [0.2, 0.25) is 5.95 Å². The molecule has 2 rings (SSSR count). The number of para-hydroxylation sites is 2. The quantitative estimate of drug-likeness (QED) is 0.768. The average molecular weight is 298 g/mol. The fraction of sp³-hybridized carbons (Fsp3) is 0.188. The Bertz CT molecular complexity index is 641. The number of ether oxygens (including phenoxy) is 1. The van der Waals surface area contributed by atoms with Crippen LogP contribution in [0.2, 0.25) is 0 Å². The summed E-state index contributed by atoms with van der Waals surface area (Å²) in [6.07, 6.45) is 4.55. The number of benzene rings is 1. The number of carbonyl (C=O) groups excluding carboxylic acids is 1. The third-order valence-electron chi connectivity index (χ3n) is 2.75. The highest BCUT2D eigenvalue weighted by Gasteiger charge is 2.07. The number of carbonyl (C=O) groups is 1. The third-order valence-corrected chi connectivity index (χ3v) is 2.75. The van der Waals surface area contributed by atoms with Crippen LogP contribution >= 0.6 is 0 Å². The second-order valence-electron chi connectivity index (χ2n) is 4.35. The Hall–Kier alpha value is -2.89. The highest BCUT2D eigenvalue weighted by atomic mass is 16.5. The van der Waals surface area contributed by atoms with Crippen molar-refractivity contribution in [3.8, 4) is 5.75 Å². The molecule has 1 heterocycles. The minimum atomic E-state index is -0.235. The maximum Gasteiger partial charge on any atom is 0.254 e. The van der Waals surface area contributed by atoms with Crippen LogP contribution in [0.1, 0.15) is 17.3 Å². The van der Waals surface area contributed by atoms with Gasteiger partial charge >= 0.3 is 0 Å².